The summed E-state index contributed by atoms with van der Waals surface area (Å²) < 4.78 is 13.4. The van der Waals surface area contributed by atoms with Crippen LogP contribution in [0.1, 0.15) is 69.8 Å². The van der Waals surface area contributed by atoms with Gasteiger partial charge in [0.25, 0.3) is 7.42 Å². The van der Waals surface area contributed by atoms with Crippen LogP contribution in [0.4, 0.5) is 0 Å². The molecule has 0 bridgehead atoms. The SMILES string of the molecule is Cl[SiH](Cl)c1ccc2c(c1)COC(C1CCCCC1)(C1CCCCC1)O2. The van der Waals surface area contributed by atoms with Crippen molar-refractivity contribution in [1.29, 1.82) is 0 Å². The Labute approximate surface area is 162 Å². The topological polar surface area (TPSA) is 18.5 Å². The minimum absolute atomic E-state index is 0.409. The Hall–Kier alpha value is -0.223. The van der Waals surface area contributed by atoms with E-state index >= 15 is 0 Å². The molecule has 1 aliphatic heterocycles. The van der Waals surface area contributed by atoms with Gasteiger partial charge in [0.2, 0.25) is 5.79 Å². The second-order valence-electron chi connectivity index (χ2n) is 7.95. The second kappa shape index (κ2) is 7.80. The van der Waals surface area contributed by atoms with Gasteiger partial charge in [0, 0.05) is 17.4 Å². The summed E-state index contributed by atoms with van der Waals surface area (Å²) in [6.45, 7) is 0.630. The summed E-state index contributed by atoms with van der Waals surface area (Å²) in [7, 11) is -1.83. The third kappa shape index (κ3) is 3.62. The quantitative estimate of drug-likeness (QED) is 0.503. The van der Waals surface area contributed by atoms with E-state index in [2.05, 4.69) is 12.1 Å². The molecule has 2 saturated carbocycles. The lowest BCUT2D eigenvalue weighted by Crippen LogP contribution is -2.55. The molecule has 0 amide bonds. The smallest absolute Gasteiger partial charge is 0.266 e. The maximum Gasteiger partial charge on any atom is 0.266 e. The van der Waals surface area contributed by atoms with Crippen LogP contribution in [-0.2, 0) is 11.3 Å². The number of hydrogen-bond donors (Lipinski definition) is 0. The van der Waals surface area contributed by atoms with Gasteiger partial charge in [-0.1, -0.05) is 50.7 Å². The molecule has 0 atom stereocenters. The first-order chi connectivity index (χ1) is 12.2. The predicted molar refractivity (Wildman–Crippen MR) is 106 cm³/mol. The van der Waals surface area contributed by atoms with Gasteiger partial charge >= 0.3 is 0 Å². The van der Waals surface area contributed by atoms with Gasteiger partial charge in [-0.25, -0.2) is 0 Å². The molecule has 1 aromatic rings. The fourth-order valence-corrected chi connectivity index (χ4v) is 6.47. The molecule has 1 aromatic carbocycles. The second-order valence-corrected chi connectivity index (χ2v) is 12.5. The molecule has 4 rings (SSSR count). The van der Waals surface area contributed by atoms with Crippen molar-refractivity contribution >= 4 is 34.8 Å². The molecule has 0 N–H and O–H groups in total. The van der Waals surface area contributed by atoms with Crippen molar-refractivity contribution in [3.63, 3.8) is 0 Å². The number of rotatable bonds is 3. The molecule has 0 unspecified atom stereocenters. The minimum atomic E-state index is -1.83. The zero-order valence-electron chi connectivity index (χ0n) is 14.8. The lowest BCUT2D eigenvalue weighted by molar-refractivity contribution is -0.278. The van der Waals surface area contributed by atoms with Crippen LogP contribution < -0.4 is 9.92 Å². The number of benzene rings is 1. The summed E-state index contributed by atoms with van der Waals surface area (Å²) in [5, 5.41) is 1.05. The van der Waals surface area contributed by atoms with E-state index in [1.165, 1.54) is 64.2 Å². The first kappa shape index (κ1) is 18.2. The van der Waals surface area contributed by atoms with E-state index < -0.39 is 13.2 Å². The summed E-state index contributed by atoms with van der Waals surface area (Å²) in [6, 6.07) is 6.23. The van der Waals surface area contributed by atoms with Crippen LogP contribution in [0.5, 0.6) is 5.75 Å². The predicted octanol–water partition coefficient (Wildman–Crippen LogP) is 5.36. The van der Waals surface area contributed by atoms with Crippen molar-refractivity contribution in [3.8, 4) is 5.75 Å². The van der Waals surface area contributed by atoms with Crippen LogP contribution in [0.15, 0.2) is 18.2 Å². The van der Waals surface area contributed by atoms with Crippen LogP contribution in [0.2, 0.25) is 0 Å². The molecule has 138 valence electrons. The molecule has 25 heavy (non-hydrogen) atoms. The van der Waals surface area contributed by atoms with Crippen molar-refractivity contribution < 1.29 is 9.47 Å². The summed E-state index contributed by atoms with van der Waals surface area (Å²) in [5.74, 6) is 1.64. The molecule has 0 spiro atoms. The van der Waals surface area contributed by atoms with Gasteiger partial charge in [0.1, 0.15) is 5.75 Å². The zero-order chi connectivity index (χ0) is 17.3. The van der Waals surface area contributed by atoms with Gasteiger partial charge < -0.3 is 9.47 Å². The molecule has 2 aliphatic carbocycles. The third-order valence-corrected chi connectivity index (χ3v) is 8.78. The number of ether oxygens (including phenoxy) is 2. The first-order valence-corrected chi connectivity index (χ1v) is 14.0. The van der Waals surface area contributed by atoms with Crippen LogP contribution in [0.25, 0.3) is 0 Å². The van der Waals surface area contributed by atoms with Crippen molar-refractivity contribution in [2.24, 2.45) is 11.8 Å². The van der Waals surface area contributed by atoms with Crippen LogP contribution in [-0.4, -0.2) is 13.2 Å². The highest BCUT2D eigenvalue weighted by atomic mass is 35.7. The minimum Gasteiger partial charge on any atom is -0.461 e. The fourth-order valence-electron chi connectivity index (χ4n) is 5.08. The molecule has 1 heterocycles. The molecule has 3 aliphatic rings. The molecule has 0 aromatic heterocycles. The van der Waals surface area contributed by atoms with E-state index in [0.29, 0.717) is 18.4 Å². The van der Waals surface area contributed by atoms with E-state index in [4.69, 9.17) is 31.6 Å². The summed E-state index contributed by atoms with van der Waals surface area (Å²) in [5.41, 5.74) is 1.11. The van der Waals surface area contributed by atoms with Gasteiger partial charge in [0.15, 0.2) is 0 Å². The van der Waals surface area contributed by atoms with E-state index in [-0.39, 0.29) is 0 Å². The van der Waals surface area contributed by atoms with E-state index in [1.54, 1.807) is 0 Å². The van der Waals surface area contributed by atoms with Gasteiger partial charge in [-0.3, -0.25) is 0 Å². The fraction of sp³-hybridized carbons (Fsp3) is 0.700. The van der Waals surface area contributed by atoms with E-state index in [1.807, 2.05) is 6.07 Å². The molecular formula is C20H28Cl2O2Si. The standard InChI is InChI=1S/C20H28Cl2O2Si/c21-25(22)18-11-12-19-15(13-18)14-23-20(24-19,16-7-3-1-4-8-16)17-9-5-2-6-10-17/h11-13,16-17,25H,1-10,14H2. The number of halogens is 2. The number of hydrogen-bond acceptors (Lipinski definition) is 2. The van der Waals surface area contributed by atoms with Crippen molar-refractivity contribution in [3.05, 3.63) is 23.8 Å². The Morgan fingerprint density at radius 3 is 2.04 bits per heavy atom. The Morgan fingerprint density at radius 2 is 1.48 bits per heavy atom. The van der Waals surface area contributed by atoms with Crippen LogP contribution in [0, 0.1) is 11.8 Å². The summed E-state index contributed by atoms with van der Waals surface area (Å²) >= 11 is 12.3. The van der Waals surface area contributed by atoms with Crippen molar-refractivity contribution in [1.82, 2.24) is 0 Å². The van der Waals surface area contributed by atoms with Gasteiger partial charge in [0.05, 0.1) is 6.61 Å². The van der Waals surface area contributed by atoms with Crippen molar-refractivity contribution in [2.45, 2.75) is 76.6 Å². The van der Waals surface area contributed by atoms with E-state index in [9.17, 15) is 0 Å². The Bertz CT molecular complexity index is 577. The Kier molecular flexibility index (Phi) is 5.66. The zero-order valence-corrected chi connectivity index (χ0v) is 17.5. The van der Waals surface area contributed by atoms with Gasteiger partial charge in [-0.15, -0.1) is 22.2 Å². The van der Waals surface area contributed by atoms with Crippen LogP contribution >= 0.6 is 22.2 Å². The highest BCUT2D eigenvalue weighted by Crippen LogP contribution is 2.49. The molecule has 5 heteroatoms. The lowest BCUT2D eigenvalue weighted by atomic mass is 9.72. The average Bonchev–Trinajstić information content (AvgIpc) is 2.68. The number of fused-ring (bicyclic) bond motifs is 1. The molecule has 0 saturated heterocycles. The maximum atomic E-state index is 6.74. The molecular weight excluding hydrogens is 371 g/mol. The molecule has 2 nitrogen and oxygen atoms in total. The van der Waals surface area contributed by atoms with Gasteiger partial charge in [-0.2, -0.15) is 0 Å². The molecule has 2 fully saturated rings. The molecule has 0 radical (unpaired) electrons. The normalized spacial score (nSPS) is 24.8. The Balaban J connectivity index is 1.65. The average molecular weight is 399 g/mol. The highest BCUT2D eigenvalue weighted by Gasteiger charge is 2.51. The monoisotopic (exact) mass is 398 g/mol. The third-order valence-electron chi connectivity index (χ3n) is 6.41. The Morgan fingerprint density at radius 1 is 0.880 bits per heavy atom. The largest absolute Gasteiger partial charge is 0.461 e. The lowest BCUT2D eigenvalue weighted by Gasteiger charge is -2.50. The van der Waals surface area contributed by atoms with Gasteiger partial charge in [-0.05, 0) is 36.9 Å². The summed E-state index contributed by atoms with van der Waals surface area (Å²) in [6.07, 6.45) is 12.9. The van der Waals surface area contributed by atoms with E-state index in [0.717, 1.165) is 16.5 Å². The van der Waals surface area contributed by atoms with Crippen LogP contribution in [0.3, 0.4) is 0 Å². The highest BCUT2D eigenvalue weighted by molar-refractivity contribution is 7.39. The van der Waals surface area contributed by atoms with Crippen molar-refractivity contribution in [2.75, 3.05) is 0 Å². The maximum absolute atomic E-state index is 6.74. The first-order valence-electron chi connectivity index (χ1n) is 9.93. The summed E-state index contributed by atoms with van der Waals surface area (Å²) in [4.78, 5) is 0.